The number of amides is 1. The van der Waals surface area contributed by atoms with E-state index in [2.05, 4.69) is 19.8 Å². The van der Waals surface area contributed by atoms with Crippen LogP contribution in [0.25, 0.3) is 17.1 Å². The molecule has 2 aliphatic heterocycles. The van der Waals surface area contributed by atoms with Crippen molar-refractivity contribution in [3.8, 4) is 0 Å². The Morgan fingerprint density at radius 3 is 2.73 bits per heavy atom. The summed E-state index contributed by atoms with van der Waals surface area (Å²) in [5.74, 6) is 0.802. The molecule has 7 nitrogen and oxygen atoms in total. The molecule has 2 fully saturated rings. The number of halogens is 2. The van der Waals surface area contributed by atoms with E-state index in [0.29, 0.717) is 25.8 Å². The molecule has 0 spiro atoms. The van der Waals surface area contributed by atoms with Gasteiger partial charge >= 0.3 is 0 Å². The maximum Gasteiger partial charge on any atom is 0.264 e. The monoisotopic (exact) mass is 501 g/mol. The highest BCUT2D eigenvalue weighted by atomic mass is 35.5. The van der Waals surface area contributed by atoms with Crippen molar-refractivity contribution in [1.29, 1.82) is 0 Å². The Labute approximate surface area is 205 Å². The summed E-state index contributed by atoms with van der Waals surface area (Å²) in [5.41, 5.74) is 3.31. The van der Waals surface area contributed by atoms with Gasteiger partial charge in [-0.05, 0) is 47.7 Å². The lowest BCUT2D eigenvalue weighted by Gasteiger charge is -2.26. The topological polar surface area (TPSA) is 71.8 Å². The molecule has 1 N–H and O–H groups in total. The average molecular weight is 502 g/mol. The fourth-order valence-corrected chi connectivity index (χ4v) is 5.09. The number of nitrogens with one attached hydrogen (secondary N) is 1. The first-order valence-corrected chi connectivity index (χ1v) is 12.0. The summed E-state index contributed by atoms with van der Waals surface area (Å²) in [6.07, 6.45) is 1.85. The van der Waals surface area contributed by atoms with E-state index in [1.54, 1.807) is 18.2 Å². The Morgan fingerprint density at radius 1 is 1.21 bits per heavy atom. The molecule has 5 rings (SSSR count). The SMILES string of the molecule is Cn1c(CN2CCOCC2)nc2ccc(/C=C3/SC(=Nc4c(Cl)cccc4Cl)NC3=O)cc21. The molecule has 0 atom stereocenters. The number of thioether (sulfide) groups is 1. The summed E-state index contributed by atoms with van der Waals surface area (Å²) in [6.45, 7) is 4.13. The van der Waals surface area contributed by atoms with Crippen LogP contribution in [0.15, 0.2) is 46.3 Å². The summed E-state index contributed by atoms with van der Waals surface area (Å²) in [5, 5.41) is 4.08. The number of hydrogen-bond donors (Lipinski definition) is 1. The number of nitrogens with zero attached hydrogens (tertiary/aromatic N) is 4. The van der Waals surface area contributed by atoms with Crippen LogP contribution in [0.4, 0.5) is 5.69 Å². The minimum Gasteiger partial charge on any atom is -0.379 e. The minimum atomic E-state index is -0.208. The standard InChI is InChI=1S/C23H21Cl2N5O2S/c1-29-18-11-14(5-6-17(18)26-20(29)13-30-7-9-32-10-8-30)12-19-22(31)28-23(33-19)27-21-15(24)3-2-4-16(21)25/h2-6,11-12H,7-10,13H2,1H3,(H,27,28,31)/b19-12+. The van der Waals surface area contributed by atoms with Gasteiger partial charge in [0.15, 0.2) is 5.17 Å². The van der Waals surface area contributed by atoms with E-state index < -0.39 is 0 Å². The average Bonchev–Trinajstić information content (AvgIpc) is 3.30. The molecule has 3 heterocycles. The first-order valence-electron chi connectivity index (χ1n) is 10.5. The number of aryl methyl sites for hydroxylation is 1. The number of para-hydroxylation sites is 1. The molecule has 2 saturated heterocycles. The number of rotatable bonds is 4. The van der Waals surface area contributed by atoms with E-state index in [1.165, 1.54) is 11.8 Å². The van der Waals surface area contributed by atoms with Gasteiger partial charge in [0.25, 0.3) is 5.91 Å². The van der Waals surface area contributed by atoms with Crippen molar-refractivity contribution < 1.29 is 9.53 Å². The number of hydrogen-bond acceptors (Lipinski definition) is 6. The molecule has 0 bridgehead atoms. The molecule has 0 unspecified atom stereocenters. The van der Waals surface area contributed by atoms with Crippen molar-refractivity contribution in [2.75, 3.05) is 26.3 Å². The van der Waals surface area contributed by atoms with Gasteiger partial charge in [-0.2, -0.15) is 0 Å². The third-order valence-corrected chi connectivity index (χ3v) is 7.09. The zero-order chi connectivity index (χ0) is 22.9. The third kappa shape index (κ3) is 4.81. The number of fused-ring (bicyclic) bond motifs is 1. The summed E-state index contributed by atoms with van der Waals surface area (Å²) < 4.78 is 7.55. The Kier molecular flexibility index (Phi) is 6.44. The van der Waals surface area contributed by atoms with E-state index in [0.717, 1.165) is 55.3 Å². The molecular formula is C23H21Cl2N5O2S. The molecule has 3 aromatic rings. The maximum absolute atomic E-state index is 12.5. The van der Waals surface area contributed by atoms with Crippen LogP contribution in [0.5, 0.6) is 0 Å². The van der Waals surface area contributed by atoms with Crippen LogP contribution < -0.4 is 5.32 Å². The second-order valence-corrected chi connectivity index (χ2v) is 9.62. The van der Waals surface area contributed by atoms with Gasteiger partial charge in [0, 0.05) is 20.1 Å². The van der Waals surface area contributed by atoms with Crippen LogP contribution in [0, 0.1) is 0 Å². The van der Waals surface area contributed by atoms with Gasteiger partial charge in [-0.15, -0.1) is 0 Å². The van der Waals surface area contributed by atoms with Crippen molar-refractivity contribution in [3.63, 3.8) is 0 Å². The highest BCUT2D eigenvalue weighted by Crippen LogP contribution is 2.35. The number of amidine groups is 1. The molecule has 170 valence electrons. The number of morpholine rings is 1. The Morgan fingerprint density at radius 2 is 1.97 bits per heavy atom. The van der Waals surface area contributed by atoms with Gasteiger partial charge in [0.05, 0.1) is 45.7 Å². The van der Waals surface area contributed by atoms with Crippen LogP contribution in [0.1, 0.15) is 11.4 Å². The second kappa shape index (κ2) is 9.48. The lowest BCUT2D eigenvalue weighted by Crippen LogP contribution is -2.36. The normalized spacial score (nSPS) is 19.7. The van der Waals surface area contributed by atoms with Crippen LogP contribution in [-0.4, -0.2) is 51.8 Å². The maximum atomic E-state index is 12.5. The van der Waals surface area contributed by atoms with Crippen molar-refractivity contribution >= 4 is 68.8 Å². The fraction of sp³-hybridized carbons (Fsp3) is 0.261. The lowest BCUT2D eigenvalue weighted by molar-refractivity contribution is -0.115. The molecule has 2 aliphatic rings. The smallest absolute Gasteiger partial charge is 0.264 e. The second-order valence-electron chi connectivity index (χ2n) is 7.78. The number of aliphatic imine (C=N–C) groups is 1. The van der Waals surface area contributed by atoms with Gasteiger partial charge in [-0.3, -0.25) is 9.69 Å². The molecule has 33 heavy (non-hydrogen) atoms. The summed E-state index contributed by atoms with van der Waals surface area (Å²) in [7, 11) is 2.02. The zero-order valence-corrected chi connectivity index (χ0v) is 20.2. The molecule has 10 heteroatoms. The first-order chi connectivity index (χ1) is 16.0. The van der Waals surface area contributed by atoms with Gasteiger partial charge in [0.1, 0.15) is 11.5 Å². The van der Waals surface area contributed by atoms with Gasteiger partial charge in [0.2, 0.25) is 0 Å². The summed E-state index contributed by atoms with van der Waals surface area (Å²) in [4.78, 5) is 24.7. The molecule has 0 aliphatic carbocycles. The van der Waals surface area contributed by atoms with Crippen molar-refractivity contribution in [1.82, 2.24) is 19.8 Å². The highest BCUT2D eigenvalue weighted by molar-refractivity contribution is 8.18. The predicted molar refractivity (Wildman–Crippen MR) is 134 cm³/mol. The Balaban J connectivity index is 1.39. The number of benzene rings is 2. The summed E-state index contributed by atoms with van der Waals surface area (Å²) in [6, 6.07) is 11.2. The zero-order valence-electron chi connectivity index (χ0n) is 17.8. The van der Waals surface area contributed by atoms with Crippen molar-refractivity contribution in [3.05, 3.63) is 62.7 Å². The van der Waals surface area contributed by atoms with Gasteiger partial charge in [-0.25, -0.2) is 9.98 Å². The molecular weight excluding hydrogens is 481 g/mol. The number of carbonyl (C=O) groups excluding carboxylic acids is 1. The largest absolute Gasteiger partial charge is 0.379 e. The number of imidazole rings is 1. The Bertz CT molecular complexity index is 1280. The van der Waals surface area contributed by atoms with E-state index in [4.69, 9.17) is 32.9 Å². The minimum absolute atomic E-state index is 0.208. The number of carbonyl (C=O) groups is 1. The molecule has 0 radical (unpaired) electrons. The fourth-order valence-electron chi connectivity index (χ4n) is 3.78. The van der Waals surface area contributed by atoms with Crippen molar-refractivity contribution in [2.45, 2.75) is 6.54 Å². The quantitative estimate of drug-likeness (QED) is 0.528. The van der Waals surface area contributed by atoms with Crippen molar-refractivity contribution in [2.24, 2.45) is 12.0 Å². The molecule has 2 aromatic carbocycles. The van der Waals surface area contributed by atoms with E-state index in [9.17, 15) is 4.79 Å². The molecule has 1 aromatic heterocycles. The highest BCUT2D eigenvalue weighted by Gasteiger charge is 2.24. The predicted octanol–water partition coefficient (Wildman–Crippen LogP) is 4.60. The van der Waals surface area contributed by atoms with Crippen LogP contribution in [0.2, 0.25) is 10.0 Å². The van der Waals surface area contributed by atoms with Crippen LogP contribution >= 0.6 is 35.0 Å². The first kappa shape index (κ1) is 22.4. The van der Waals surface area contributed by atoms with Crippen LogP contribution in [0.3, 0.4) is 0 Å². The van der Waals surface area contributed by atoms with E-state index in [-0.39, 0.29) is 5.91 Å². The summed E-state index contributed by atoms with van der Waals surface area (Å²) >= 11 is 13.7. The molecule has 1 amide bonds. The van der Waals surface area contributed by atoms with E-state index >= 15 is 0 Å². The van der Waals surface area contributed by atoms with Crippen LogP contribution in [-0.2, 0) is 23.1 Å². The van der Waals surface area contributed by atoms with Gasteiger partial charge < -0.3 is 14.6 Å². The lowest BCUT2D eigenvalue weighted by atomic mass is 10.2. The van der Waals surface area contributed by atoms with E-state index in [1.807, 2.05) is 31.3 Å². The van der Waals surface area contributed by atoms with Gasteiger partial charge in [-0.1, -0.05) is 35.3 Å². The Hall–Kier alpha value is -2.36. The molecule has 0 saturated carbocycles. The number of aromatic nitrogens is 2. The number of ether oxygens (including phenoxy) is 1. The third-order valence-electron chi connectivity index (χ3n) is 5.57.